The van der Waals surface area contributed by atoms with E-state index in [0.717, 1.165) is 54.9 Å². The first-order valence-electron chi connectivity index (χ1n) is 13.6. The molecule has 1 unspecified atom stereocenters. The Bertz CT molecular complexity index is 1340. The van der Waals surface area contributed by atoms with Gasteiger partial charge in [0.25, 0.3) is 5.91 Å². The van der Waals surface area contributed by atoms with Crippen LogP contribution in [0.3, 0.4) is 0 Å². The van der Waals surface area contributed by atoms with Crippen molar-refractivity contribution in [1.82, 2.24) is 19.5 Å². The molecule has 3 aliphatic rings. The van der Waals surface area contributed by atoms with Crippen LogP contribution in [0.15, 0.2) is 35.2 Å². The zero-order chi connectivity index (χ0) is 27.2. The Morgan fingerprint density at radius 2 is 2.03 bits per heavy atom. The number of likely N-dealkylation sites (tertiary alicyclic amines) is 1. The number of nitriles is 1. The lowest BCUT2D eigenvalue weighted by Crippen LogP contribution is -2.40. The van der Waals surface area contributed by atoms with E-state index >= 15 is 0 Å². The van der Waals surface area contributed by atoms with Crippen LogP contribution in [0.1, 0.15) is 70.2 Å². The number of piperidine rings is 1. The summed E-state index contributed by atoms with van der Waals surface area (Å²) in [5.74, 6) is 1.10. The second-order valence-corrected chi connectivity index (χ2v) is 11.8. The lowest BCUT2D eigenvalue weighted by atomic mass is 9.79. The highest BCUT2D eigenvalue weighted by atomic mass is 16.5. The molecule has 2 aromatic rings. The number of hydrogen-bond donors (Lipinski definition) is 1. The van der Waals surface area contributed by atoms with Crippen molar-refractivity contribution in [1.29, 1.82) is 5.26 Å². The molecular weight excluding hydrogens is 480 g/mol. The van der Waals surface area contributed by atoms with Gasteiger partial charge in [0.05, 0.1) is 42.5 Å². The van der Waals surface area contributed by atoms with Crippen molar-refractivity contribution in [2.75, 3.05) is 31.6 Å². The van der Waals surface area contributed by atoms with Gasteiger partial charge in [-0.05, 0) is 44.1 Å². The summed E-state index contributed by atoms with van der Waals surface area (Å²) < 4.78 is 7.45. The molecule has 1 aliphatic carbocycles. The number of hydrogen-bond acceptors (Lipinski definition) is 7. The summed E-state index contributed by atoms with van der Waals surface area (Å²) in [6.07, 6.45) is 7.77. The lowest BCUT2D eigenvalue weighted by Gasteiger charge is -2.36. The number of aliphatic hydroxyl groups is 1. The molecule has 9 heteroatoms. The van der Waals surface area contributed by atoms with Crippen LogP contribution in [0.25, 0.3) is 5.65 Å². The number of β-amino-alcohol motifs (C(OH)–C–C–N with tert-alkyl or cyclic N) is 1. The van der Waals surface area contributed by atoms with Crippen molar-refractivity contribution < 1.29 is 14.6 Å². The van der Waals surface area contributed by atoms with Crippen molar-refractivity contribution in [3.05, 3.63) is 46.5 Å². The van der Waals surface area contributed by atoms with Gasteiger partial charge >= 0.3 is 0 Å². The Morgan fingerprint density at radius 3 is 2.71 bits per heavy atom. The number of carbonyl (C=O) groups excluding carboxylic acids is 1. The molecule has 2 aliphatic heterocycles. The van der Waals surface area contributed by atoms with Crippen LogP contribution in [0.4, 0.5) is 5.82 Å². The Hall–Kier alpha value is -3.38. The van der Waals surface area contributed by atoms with Gasteiger partial charge in [-0.3, -0.25) is 4.79 Å². The average Bonchev–Trinajstić information content (AvgIpc) is 3.49. The number of anilines is 1. The van der Waals surface area contributed by atoms with E-state index in [1.54, 1.807) is 11.6 Å². The van der Waals surface area contributed by atoms with Crippen LogP contribution < -0.4 is 4.90 Å². The molecule has 2 saturated heterocycles. The highest BCUT2D eigenvalue weighted by molar-refractivity contribution is 5.97. The van der Waals surface area contributed by atoms with Crippen LogP contribution in [-0.2, 0) is 9.53 Å². The van der Waals surface area contributed by atoms with Crippen LogP contribution in [0.2, 0.25) is 0 Å². The Balaban J connectivity index is 1.47. The van der Waals surface area contributed by atoms with Crippen molar-refractivity contribution in [3.63, 3.8) is 0 Å². The number of aliphatic hydroxyl groups excluding tert-OH is 1. The van der Waals surface area contributed by atoms with Crippen LogP contribution in [0, 0.1) is 29.6 Å². The molecule has 38 heavy (non-hydrogen) atoms. The maximum Gasteiger partial charge on any atom is 0.257 e. The summed E-state index contributed by atoms with van der Waals surface area (Å²) in [5, 5.41) is 24.4. The standard InChI is InChI=1S/C29H38N6O3/c1-18-15-35-26(31-27(18)33-16-19(14-30)24(36)17-33)13-22(32-35)23-8-6-7-11-34(23)28(37)21-12-20(29(2,3)4)9-10-25(21)38-5/h12-13,15,19,23-24,36H,6-11,16-17H2,1-5H3/t19?,23-,24-/m0/s1. The summed E-state index contributed by atoms with van der Waals surface area (Å²) in [5.41, 5.74) is 4.36. The van der Waals surface area contributed by atoms with Gasteiger partial charge < -0.3 is 19.6 Å². The Labute approximate surface area is 224 Å². The summed E-state index contributed by atoms with van der Waals surface area (Å²) in [6, 6.07) is 4.01. The first-order chi connectivity index (χ1) is 18.1. The zero-order valence-electron chi connectivity index (χ0n) is 23.1. The number of carbonyl (C=O) groups is 1. The number of fused-ring (bicyclic) bond motifs is 1. The molecule has 0 spiro atoms. The van der Waals surface area contributed by atoms with Crippen LogP contribution in [-0.4, -0.2) is 63.4 Å². The summed E-state index contributed by atoms with van der Waals surface area (Å²) in [7, 11) is 1.65. The van der Waals surface area contributed by atoms with E-state index in [2.05, 4.69) is 32.9 Å². The number of methoxy groups -OCH3 is 1. The molecule has 1 amide bonds. The molecule has 0 bridgehead atoms. The van der Waals surface area contributed by atoms with Gasteiger partial charge in [0.1, 0.15) is 11.6 Å². The van der Waals surface area contributed by atoms with Crippen molar-refractivity contribution in [3.8, 4) is 6.07 Å². The number of aryl methyl sites for hydroxylation is 1. The topological polar surface area (TPSA) is 107 Å². The largest absolute Gasteiger partial charge is 0.500 e. The van der Waals surface area contributed by atoms with Gasteiger partial charge in [-0.1, -0.05) is 26.3 Å². The Morgan fingerprint density at radius 1 is 1.24 bits per heavy atom. The average molecular weight is 519 g/mol. The quantitative estimate of drug-likeness (QED) is 0.650. The molecule has 3 atom stereocenters. The predicted molar refractivity (Wildman–Crippen MR) is 144 cm³/mol. The predicted octanol–water partition coefficient (Wildman–Crippen LogP) is 4.08. The van der Waals surface area contributed by atoms with E-state index in [0.29, 0.717) is 30.9 Å². The van der Waals surface area contributed by atoms with Gasteiger partial charge in [0, 0.05) is 43.9 Å². The van der Waals surface area contributed by atoms with Gasteiger partial charge in [0.15, 0.2) is 5.65 Å². The molecule has 202 valence electrons. The second kappa shape index (κ2) is 10.1. The van der Waals surface area contributed by atoms with Gasteiger partial charge in [-0.15, -0.1) is 0 Å². The van der Waals surface area contributed by atoms with Crippen molar-refractivity contribution >= 4 is 17.4 Å². The summed E-state index contributed by atoms with van der Waals surface area (Å²) in [4.78, 5) is 22.8. The van der Waals surface area contributed by atoms with E-state index in [1.807, 2.05) is 29.0 Å². The van der Waals surface area contributed by atoms with Crippen LogP contribution in [0.5, 0.6) is 0 Å². The van der Waals surface area contributed by atoms with Crippen molar-refractivity contribution in [2.45, 2.75) is 71.9 Å². The molecule has 0 radical (unpaired) electrons. The van der Waals surface area contributed by atoms with E-state index in [9.17, 15) is 15.2 Å². The second-order valence-electron chi connectivity index (χ2n) is 11.8. The fraction of sp³-hybridized carbons (Fsp3) is 0.586. The van der Waals surface area contributed by atoms with Crippen molar-refractivity contribution in [2.24, 2.45) is 11.3 Å². The van der Waals surface area contributed by atoms with E-state index in [4.69, 9.17) is 14.8 Å². The third-order valence-corrected chi connectivity index (χ3v) is 8.16. The van der Waals surface area contributed by atoms with Gasteiger partial charge in [0.2, 0.25) is 0 Å². The number of rotatable bonds is 4. The molecular formula is C29H38N6O3. The highest BCUT2D eigenvalue weighted by Crippen LogP contribution is 2.38. The number of amides is 1. The smallest absolute Gasteiger partial charge is 0.257 e. The monoisotopic (exact) mass is 518 g/mol. The third-order valence-electron chi connectivity index (χ3n) is 8.16. The summed E-state index contributed by atoms with van der Waals surface area (Å²) >= 11 is 0. The third kappa shape index (κ3) is 4.78. The molecule has 4 heterocycles. The van der Waals surface area contributed by atoms with Gasteiger partial charge in [-0.2, -0.15) is 10.4 Å². The molecule has 5 rings (SSSR count). The zero-order valence-corrected chi connectivity index (χ0v) is 23.1. The SMILES string of the molecule is COC1=C(C(=O)N2CCCC[C@H]2c2cc3nc(N4CC(C#N)[C@@H](O)C4)c(C)cn3n2)C=C(C(C)(C)C)CC1. The minimum absolute atomic E-state index is 0.00323. The van der Waals surface area contributed by atoms with E-state index in [1.165, 1.54) is 5.57 Å². The fourth-order valence-electron chi connectivity index (χ4n) is 5.92. The number of nitrogens with zero attached hydrogens (tertiary/aromatic N) is 6. The maximum atomic E-state index is 14.0. The first-order valence-corrected chi connectivity index (χ1v) is 13.6. The molecule has 1 N–H and O–H groups in total. The maximum absolute atomic E-state index is 14.0. The highest BCUT2D eigenvalue weighted by Gasteiger charge is 2.36. The van der Waals surface area contributed by atoms with E-state index in [-0.39, 0.29) is 17.4 Å². The molecule has 0 saturated carbocycles. The molecule has 0 aromatic carbocycles. The number of ether oxygens (including phenoxy) is 1. The molecule has 2 fully saturated rings. The molecule has 9 nitrogen and oxygen atoms in total. The van der Waals surface area contributed by atoms with E-state index < -0.39 is 12.0 Å². The normalized spacial score (nSPS) is 24.6. The van der Waals surface area contributed by atoms with Crippen LogP contribution >= 0.6 is 0 Å². The summed E-state index contributed by atoms with van der Waals surface area (Å²) in [6.45, 7) is 10.0. The van der Waals surface area contributed by atoms with Gasteiger partial charge in [-0.25, -0.2) is 9.50 Å². The number of aromatic nitrogens is 3. The minimum Gasteiger partial charge on any atom is -0.500 e. The fourth-order valence-corrected chi connectivity index (χ4v) is 5.92. The number of allylic oxidation sites excluding steroid dienone is 2. The Kier molecular flexibility index (Phi) is 6.95. The lowest BCUT2D eigenvalue weighted by molar-refractivity contribution is -0.130. The minimum atomic E-state index is -0.682. The first kappa shape index (κ1) is 26.2. The molecule has 2 aromatic heterocycles.